The molecule has 0 rings (SSSR count). The first-order chi connectivity index (χ1) is 8.40. The van der Waals surface area contributed by atoms with Crippen LogP contribution in [0.15, 0.2) is 0 Å². The average molecular weight is 278 g/mol. The number of nitrogens with one attached hydrogen (secondary N) is 2. The van der Waals surface area contributed by atoms with Crippen molar-refractivity contribution in [2.24, 2.45) is 0 Å². The summed E-state index contributed by atoms with van der Waals surface area (Å²) in [5.41, 5.74) is 0. The molecule has 0 spiro atoms. The minimum absolute atomic E-state index is 0.0112. The number of likely N-dealkylation sites (N-methyl/N-ethyl adjacent to an activating group) is 1. The minimum atomic E-state index is -0.577. The molecule has 0 unspecified atom stereocenters. The van der Waals surface area contributed by atoms with Crippen molar-refractivity contribution in [2.45, 2.75) is 33.2 Å². The maximum absolute atomic E-state index is 11.7. The molecule has 18 heavy (non-hydrogen) atoms. The highest BCUT2D eigenvalue weighted by Gasteiger charge is 2.17. The van der Waals surface area contributed by atoms with E-state index in [9.17, 15) is 14.4 Å². The molecule has 0 heterocycles. The summed E-state index contributed by atoms with van der Waals surface area (Å²) in [4.78, 5) is 35.6. The molecule has 0 saturated carbocycles. The van der Waals surface area contributed by atoms with Crippen LogP contribution >= 0.6 is 11.6 Å². The SMILES string of the molecule is CCN(CC(=O)NC(C)C)C(=O)NC(=O)CCCl. The van der Waals surface area contributed by atoms with E-state index in [-0.39, 0.29) is 30.8 Å². The van der Waals surface area contributed by atoms with Crippen LogP contribution in [-0.2, 0) is 9.59 Å². The van der Waals surface area contributed by atoms with E-state index in [1.807, 2.05) is 13.8 Å². The number of hydrogen-bond acceptors (Lipinski definition) is 3. The van der Waals surface area contributed by atoms with E-state index in [2.05, 4.69) is 10.6 Å². The van der Waals surface area contributed by atoms with Gasteiger partial charge in [0.15, 0.2) is 0 Å². The van der Waals surface area contributed by atoms with E-state index in [1.165, 1.54) is 4.90 Å². The van der Waals surface area contributed by atoms with Gasteiger partial charge in [-0.2, -0.15) is 0 Å². The largest absolute Gasteiger partial charge is 0.352 e. The summed E-state index contributed by atoms with van der Waals surface area (Å²) in [6, 6.07) is -0.566. The van der Waals surface area contributed by atoms with Gasteiger partial charge < -0.3 is 10.2 Å². The van der Waals surface area contributed by atoms with Gasteiger partial charge >= 0.3 is 6.03 Å². The second kappa shape index (κ2) is 8.74. The second-order valence-electron chi connectivity index (χ2n) is 4.03. The monoisotopic (exact) mass is 277 g/mol. The predicted octanol–water partition coefficient (Wildman–Crippen LogP) is 0.698. The molecule has 0 bridgehead atoms. The lowest BCUT2D eigenvalue weighted by atomic mass is 10.3. The van der Waals surface area contributed by atoms with Gasteiger partial charge in [0, 0.05) is 24.9 Å². The number of alkyl halides is 1. The standard InChI is InChI=1S/C11H20ClN3O3/c1-4-15(7-10(17)13-8(2)3)11(18)14-9(16)5-6-12/h8H,4-7H2,1-3H3,(H,13,17)(H,14,16,18). The van der Waals surface area contributed by atoms with Crippen LogP contribution in [-0.4, -0.2) is 47.8 Å². The van der Waals surface area contributed by atoms with Gasteiger partial charge in [-0.05, 0) is 20.8 Å². The van der Waals surface area contributed by atoms with E-state index in [0.717, 1.165) is 0 Å². The Labute approximate surface area is 112 Å². The number of carbonyl (C=O) groups is 3. The summed E-state index contributed by atoms with van der Waals surface area (Å²) in [7, 11) is 0. The Morgan fingerprint density at radius 1 is 1.22 bits per heavy atom. The second-order valence-corrected chi connectivity index (χ2v) is 4.41. The maximum atomic E-state index is 11.7. The minimum Gasteiger partial charge on any atom is -0.352 e. The van der Waals surface area contributed by atoms with Gasteiger partial charge in [0.25, 0.3) is 0 Å². The number of imide groups is 1. The fraction of sp³-hybridized carbons (Fsp3) is 0.727. The molecule has 6 nitrogen and oxygen atoms in total. The van der Waals surface area contributed by atoms with Crippen LogP contribution in [0.1, 0.15) is 27.2 Å². The number of urea groups is 1. The normalized spacial score (nSPS) is 10.1. The average Bonchev–Trinajstić information content (AvgIpc) is 2.24. The molecule has 0 aliphatic rings. The first kappa shape index (κ1) is 16.7. The van der Waals surface area contributed by atoms with Crippen LogP contribution in [0.4, 0.5) is 4.79 Å². The third kappa shape index (κ3) is 7.11. The summed E-state index contributed by atoms with van der Waals surface area (Å²) in [5, 5.41) is 4.85. The number of rotatable bonds is 6. The zero-order valence-electron chi connectivity index (χ0n) is 11.0. The lowest BCUT2D eigenvalue weighted by Gasteiger charge is -2.21. The smallest absolute Gasteiger partial charge is 0.324 e. The number of halogens is 1. The van der Waals surface area contributed by atoms with Crippen LogP contribution in [0, 0.1) is 0 Å². The number of amides is 4. The summed E-state index contributed by atoms with van der Waals surface area (Å²) in [6.07, 6.45) is 0.0725. The molecule has 0 aliphatic heterocycles. The molecule has 0 aromatic heterocycles. The molecule has 2 N–H and O–H groups in total. The summed E-state index contributed by atoms with van der Waals surface area (Å²) >= 11 is 5.39. The highest BCUT2D eigenvalue weighted by Crippen LogP contribution is 1.92. The molecular weight excluding hydrogens is 258 g/mol. The molecule has 0 atom stereocenters. The highest BCUT2D eigenvalue weighted by molar-refractivity contribution is 6.19. The Morgan fingerprint density at radius 3 is 2.28 bits per heavy atom. The molecule has 0 aliphatic carbocycles. The Morgan fingerprint density at radius 2 is 1.83 bits per heavy atom. The Balaban J connectivity index is 4.27. The van der Waals surface area contributed by atoms with Crippen LogP contribution in [0.2, 0.25) is 0 Å². The van der Waals surface area contributed by atoms with E-state index in [0.29, 0.717) is 6.54 Å². The number of nitrogens with zero attached hydrogens (tertiary/aromatic N) is 1. The Bertz CT molecular complexity index is 308. The van der Waals surface area contributed by atoms with Gasteiger partial charge in [0.1, 0.15) is 6.54 Å². The van der Waals surface area contributed by atoms with Crippen molar-refractivity contribution in [3.05, 3.63) is 0 Å². The lowest BCUT2D eigenvalue weighted by molar-refractivity contribution is -0.123. The van der Waals surface area contributed by atoms with E-state index < -0.39 is 11.9 Å². The molecule has 0 saturated heterocycles. The molecule has 4 amide bonds. The third-order valence-corrected chi connectivity index (χ3v) is 2.21. The van der Waals surface area contributed by atoms with Crippen LogP contribution in [0.25, 0.3) is 0 Å². The van der Waals surface area contributed by atoms with Crippen LogP contribution in [0.5, 0.6) is 0 Å². The molecule has 7 heteroatoms. The molecule has 0 fully saturated rings. The number of hydrogen-bond donors (Lipinski definition) is 2. The van der Waals surface area contributed by atoms with Gasteiger partial charge in [-0.3, -0.25) is 14.9 Å². The summed E-state index contributed by atoms with van der Waals surface area (Å²) in [6.45, 7) is 5.66. The van der Waals surface area contributed by atoms with Crippen molar-refractivity contribution in [2.75, 3.05) is 19.0 Å². The molecule has 0 aromatic carbocycles. The third-order valence-electron chi connectivity index (χ3n) is 2.02. The van der Waals surface area contributed by atoms with Gasteiger partial charge in [-0.1, -0.05) is 0 Å². The first-order valence-electron chi connectivity index (χ1n) is 5.84. The highest BCUT2D eigenvalue weighted by atomic mass is 35.5. The fourth-order valence-corrected chi connectivity index (χ4v) is 1.39. The van der Waals surface area contributed by atoms with Crippen molar-refractivity contribution in [1.29, 1.82) is 0 Å². The molecule has 0 aromatic rings. The topological polar surface area (TPSA) is 78.5 Å². The summed E-state index contributed by atoms with van der Waals surface area (Å²) < 4.78 is 0. The van der Waals surface area contributed by atoms with Gasteiger partial charge in [-0.15, -0.1) is 11.6 Å². The lowest BCUT2D eigenvalue weighted by Crippen LogP contribution is -2.48. The predicted molar refractivity (Wildman–Crippen MR) is 69.4 cm³/mol. The molecule has 0 radical (unpaired) electrons. The first-order valence-corrected chi connectivity index (χ1v) is 6.38. The van der Waals surface area contributed by atoms with E-state index >= 15 is 0 Å². The number of carbonyl (C=O) groups excluding carboxylic acids is 3. The van der Waals surface area contributed by atoms with Crippen molar-refractivity contribution in [3.8, 4) is 0 Å². The van der Waals surface area contributed by atoms with E-state index in [1.54, 1.807) is 6.92 Å². The maximum Gasteiger partial charge on any atom is 0.324 e. The fourth-order valence-electron chi connectivity index (χ4n) is 1.21. The van der Waals surface area contributed by atoms with Crippen molar-refractivity contribution >= 4 is 29.4 Å². The van der Waals surface area contributed by atoms with Crippen LogP contribution in [0.3, 0.4) is 0 Å². The zero-order valence-corrected chi connectivity index (χ0v) is 11.7. The van der Waals surface area contributed by atoms with Crippen molar-refractivity contribution < 1.29 is 14.4 Å². The van der Waals surface area contributed by atoms with E-state index in [4.69, 9.17) is 11.6 Å². The van der Waals surface area contributed by atoms with Crippen molar-refractivity contribution in [3.63, 3.8) is 0 Å². The van der Waals surface area contributed by atoms with Gasteiger partial charge in [0.05, 0.1) is 0 Å². The van der Waals surface area contributed by atoms with Crippen LogP contribution < -0.4 is 10.6 Å². The van der Waals surface area contributed by atoms with Gasteiger partial charge in [-0.25, -0.2) is 4.79 Å². The molecule has 104 valence electrons. The van der Waals surface area contributed by atoms with Crippen molar-refractivity contribution in [1.82, 2.24) is 15.5 Å². The zero-order chi connectivity index (χ0) is 14.1. The van der Waals surface area contributed by atoms with Gasteiger partial charge in [0.2, 0.25) is 11.8 Å². The summed E-state index contributed by atoms with van der Waals surface area (Å²) in [5.74, 6) is -0.552. The Hall–Kier alpha value is -1.30. The quantitative estimate of drug-likeness (QED) is 0.702. The molecular formula is C11H20ClN3O3. The Kier molecular flexibility index (Phi) is 8.11.